The lowest BCUT2D eigenvalue weighted by Crippen LogP contribution is -2.11. The fourth-order valence-corrected chi connectivity index (χ4v) is 5.29. The van der Waals surface area contributed by atoms with Crippen LogP contribution in [0.5, 0.6) is 17.2 Å². The van der Waals surface area contributed by atoms with Crippen LogP contribution in [-0.2, 0) is 0 Å². The Morgan fingerprint density at radius 3 is 1.70 bits per heavy atom. The average Bonchev–Trinajstić information content (AvgIpc) is 3.14. The van der Waals surface area contributed by atoms with Gasteiger partial charge >= 0.3 is 5.97 Å². The molecule has 4 rings (SSSR count). The molecule has 0 aromatic heterocycles. The first kappa shape index (κ1) is 37.8. The van der Waals surface area contributed by atoms with Crippen molar-refractivity contribution in [3.8, 4) is 29.1 Å². The third-order valence-electron chi connectivity index (χ3n) is 8.28. The summed E-state index contributed by atoms with van der Waals surface area (Å²) < 4.78 is 17.1. The smallest absolute Gasteiger partial charge is 0.343 e. The highest BCUT2D eigenvalue weighted by Crippen LogP contribution is 2.20. The van der Waals surface area contributed by atoms with Crippen LogP contribution in [0.15, 0.2) is 97.1 Å². The van der Waals surface area contributed by atoms with Gasteiger partial charge in [0.2, 0.25) is 0 Å². The highest BCUT2D eigenvalue weighted by molar-refractivity contribution is 6.04. The van der Waals surface area contributed by atoms with Crippen molar-refractivity contribution < 1.29 is 23.8 Å². The summed E-state index contributed by atoms with van der Waals surface area (Å²) >= 11 is 0. The quantitative estimate of drug-likeness (QED) is 0.0437. The van der Waals surface area contributed by atoms with Gasteiger partial charge in [-0.3, -0.25) is 4.79 Å². The van der Waals surface area contributed by atoms with Gasteiger partial charge in [-0.05, 0) is 97.8 Å². The number of anilines is 1. The molecule has 6 heteroatoms. The van der Waals surface area contributed by atoms with Gasteiger partial charge in [-0.25, -0.2) is 4.79 Å². The Kier molecular flexibility index (Phi) is 16.5. The fraction of sp³-hybridized carbons (Fsp3) is 0.364. The number of unbranched alkanes of at least 4 members (excludes halogenated alkanes) is 10. The molecule has 4 aromatic carbocycles. The second-order valence-electron chi connectivity index (χ2n) is 12.5. The third-order valence-corrected chi connectivity index (χ3v) is 8.28. The zero-order valence-electron chi connectivity index (χ0n) is 29.7. The highest BCUT2D eigenvalue weighted by atomic mass is 16.5. The summed E-state index contributed by atoms with van der Waals surface area (Å²) in [6.45, 7) is 5.70. The first-order chi connectivity index (χ1) is 24.5. The molecule has 0 unspecified atom stereocenters. The molecule has 0 spiro atoms. The normalized spacial score (nSPS) is 10.5. The van der Waals surface area contributed by atoms with Crippen molar-refractivity contribution in [1.29, 1.82) is 0 Å². The second kappa shape index (κ2) is 21.8. The minimum Gasteiger partial charge on any atom is -0.494 e. The number of carbonyl (C=O) groups excluding carboxylic acids is 2. The Morgan fingerprint density at radius 2 is 1.06 bits per heavy atom. The van der Waals surface area contributed by atoms with Gasteiger partial charge in [0.1, 0.15) is 17.2 Å². The molecule has 50 heavy (non-hydrogen) atoms. The number of ether oxygens (including phenoxy) is 3. The maximum Gasteiger partial charge on any atom is 0.343 e. The number of hydrogen-bond donors (Lipinski definition) is 1. The maximum absolute atomic E-state index is 12.9. The van der Waals surface area contributed by atoms with Crippen molar-refractivity contribution in [3.05, 3.63) is 119 Å². The number of hydrogen-bond acceptors (Lipinski definition) is 5. The number of amides is 1. The molecule has 0 atom stereocenters. The van der Waals surface area contributed by atoms with Crippen molar-refractivity contribution >= 4 is 17.6 Å². The third kappa shape index (κ3) is 13.8. The van der Waals surface area contributed by atoms with Crippen LogP contribution < -0.4 is 19.5 Å². The molecule has 262 valence electrons. The fourth-order valence-electron chi connectivity index (χ4n) is 5.29. The number of esters is 1. The molecule has 0 saturated carbocycles. The van der Waals surface area contributed by atoms with E-state index < -0.39 is 5.97 Å². The molecule has 0 aliphatic carbocycles. The molecule has 0 radical (unpaired) electrons. The molecule has 4 aromatic rings. The van der Waals surface area contributed by atoms with Crippen LogP contribution in [0.25, 0.3) is 0 Å². The lowest BCUT2D eigenvalue weighted by molar-refractivity contribution is 0.0734. The van der Waals surface area contributed by atoms with Gasteiger partial charge in [0.25, 0.3) is 5.91 Å². The Bertz CT molecular complexity index is 1650. The van der Waals surface area contributed by atoms with E-state index in [4.69, 9.17) is 14.2 Å². The molecule has 0 fully saturated rings. The number of carbonyl (C=O) groups is 2. The summed E-state index contributed by atoms with van der Waals surface area (Å²) in [5.41, 5.74) is 3.24. The SMILES string of the molecule is CCCCCCCCCCCCOc1cccc(NC(=O)c2ccc(C#Cc3ccc(OC(=O)c4ccc(OCCCC)cc4)cc3)cc2)c1. The summed E-state index contributed by atoms with van der Waals surface area (Å²) in [6.07, 6.45) is 14.9. The molecule has 0 saturated heterocycles. The predicted molar refractivity (Wildman–Crippen MR) is 202 cm³/mol. The summed E-state index contributed by atoms with van der Waals surface area (Å²) in [5, 5.41) is 2.96. The predicted octanol–water partition coefficient (Wildman–Crippen LogP) is 11.0. The molecule has 0 bridgehead atoms. The Balaban J connectivity index is 1.17. The molecule has 6 nitrogen and oxygen atoms in total. The van der Waals surface area contributed by atoms with Crippen LogP contribution in [0.3, 0.4) is 0 Å². The average molecular weight is 674 g/mol. The van der Waals surface area contributed by atoms with E-state index in [2.05, 4.69) is 31.0 Å². The van der Waals surface area contributed by atoms with Gasteiger partial charge in [0.05, 0.1) is 18.8 Å². The zero-order valence-corrected chi connectivity index (χ0v) is 29.7. The van der Waals surface area contributed by atoms with E-state index in [0.717, 1.165) is 41.9 Å². The van der Waals surface area contributed by atoms with Gasteiger partial charge in [0, 0.05) is 28.4 Å². The molecule has 0 aliphatic rings. The molecule has 1 N–H and O–H groups in total. The monoisotopic (exact) mass is 673 g/mol. The van der Waals surface area contributed by atoms with Crippen molar-refractivity contribution in [3.63, 3.8) is 0 Å². The van der Waals surface area contributed by atoms with Gasteiger partial charge in [-0.1, -0.05) is 96.0 Å². The number of nitrogens with one attached hydrogen (secondary N) is 1. The maximum atomic E-state index is 12.9. The van der Waals surface area contributed by atoms with Crippen molar-refractivity contribution in [2.75, 3.05) is 18.5 Å². The largest absolute Gasteiger partial charge is 0.494 e. The van der Waals surface area contributed by atoms with Gasteiger partial charge in [-0.2, -0.15) is 0 Å². The van der Waals surface area contributed by atoms with E-state index >= 15 is 0 Å². The standard InChI is InChI=1S/C44H51NO5/c1-3-5-7-8-9-10-11-12-13-14-33-49-42-17-15-16-39(34-42)45-43(46)37-24-20-35(21-25-37)18-19-36-22-28-41(29-23-36)50-44(47)38-26-30-40(31-27-38)48-32-6-4-2/h15-17,20-31,34H,3-14,32-33H2,1-2H3,(H,45,46). The van der Waals surface area contributed by atoms with Gasteiger partial charge in [-0.15, -0.1) is 0 Å². The van der Waals surface area contributed by atoms with Crippen LogP contribution >= 0.6 is 0 Å². The molecule has 0 aliphatic heterocycles. The first-order valence-electron chi connectivity index (χ1n) is 18.3. The first-order valence-corrected chi connectivity index (χ1v) is 18.3. The highest BCUT2D eigenvalue weighted by Gasteiger charge is 2.10. The van der Waals surface area contributed by atoms with Crippen molar-refractivity contribution in [2.24, 2.45) is 0 Å². The van der Waals surface area contributed by atoms with Crippen molar-refractivity contribution in [2.45, 2.75) is 90.9 Å². The lowest BCUT2D eigenvalue weighted by atomic mass is 10.1. The topological polar surface area (TPSA) is 73.9 Å². The van der Waals surface area contributed by atoms with E-state index in [1.807, 2.05) is 36.4 Å². The van der Waals surface area contributed by atoms with Gasteiger partial charge < -0.3 is 19.5 Å². The number of rotatable bonds is 20. The second-order valence-corrected chi connectivity index (χ2v) is 12.5. The summed E-state index contributed by atoms with van der Waals surface area (Å²) in [4.78, 5) is 25.5. The van der Waals surface area contributed by atoms with Crippen LogP contribution in [-0.4, -0.2) is 25.1 Å². The summed E-state index contributed by atoms with van der Waals surface area (Å²) in [7, 11) is 0. The molecular weight excluding hydrogens is 622 g/mol. The Labute approximate surface area is 298 Å². The Hall–Kier alpha value is -5.02. The summed E-state index contributed by atoms with van der Waals surface area (Å²) in [6, 6.07) is 28.7. The molecular formula is C44H51NO5. The molecule has 0 heterocycles. The van der Waals surface area contributed by atoms with Crippen LogP contribution in [0.4, 0.5) is 5.69 Å². The van der Waals surface area contributed by atoms with Crippen LogP contribution in [0.2, 0.25) is 0 Å². The lowest BCUT2D eigenvalue weighted by Gasteiger charge is -2.09. The van der Waals surface area contributed by atoms with Gasteiger partial charge in [0.15, 0.2) is 0 Å². The van der Waals surface area contributed by atoms with E-state index in [0.29, 0.717) is 35.8 Å². The Morgan fingerprint density at radius 1 is 0.540 bits per heavy atom. The van der Waals surface area contributed by atoms with Crippen LogP contribution in [0, 0.1) is 11.8 Å². The van der Waals surface area contributed by atoms with E-state index in [-0.39, 0.29) is 5.91 Å². The van der Waals surface area contributed by atoms with E-state index in [1.165, 1.54) is 57.8 Å². The molecule has 1 amide bonds. The minimum atomic E-state index is -0.436. The summed E-state index contributed by atoms with van der Waals surface area (Å²) in [5.74, 6) is 7.54. The minimum absolute atomic E-state index is 0.197. The zero-order chi connectivity index (χ0) is 35.2. The van der Waals surface area contributed by atoms with E-state index in [9.17, 15) is 9.59 Å². The number of benzene rings is 4. The van der Waals surface area contributed by atoms with Crippen molar-refractivity contribution in [1.82, 2.24) is 0 Å². The van der Waals surface area contributed by atoms with Crippen LogP contribution in [0.1, 0.15) is 123 Å². The van der Waals surface area contributed by atoms with E-state index in [1.54, 1.807) is 60.7 Å².